The van der Waals surface area contributed by atoms with Crippen molar-refractivity contribution in [2.75, 3.05) is 12.4 Å². The van der Waals surface area contributed by atoms with Gasteiger partial charge < -0.3 is 10.5 Å². The van der Waals surface area contributed by atoms with Crippen LogP contribution in [0.15, 0.2) is 4.99 Å². The van der Waals surface area contributed by atoms with E-state index in [1.807, 2.05) is 6.92 Å². The Morgan fingerprint density at radius 1 is 1.56 bits per heavy atom. The van der Waals surface area contributed by atoms with E-state index in [-0.39, 0.29) is 5.92 Å². The number of fused-ring (bicyclic) bond motifs is 2. The smallest absolute Gasteiger partial charge is 0.230 e. The van der Waals surface area contributed by atoms with Crippen molar-refractivity contribution in [3.8, 4) is 12.1 Å². The fourth-order valence-corrected chi connectivity index (χ4v) is 4.96. The second-order valence-electron chi connectivity index (χ2n) is 4.96. The Kier molecular flexibility index (Phi) is 2.24. The Bertz CT molecular complexity index is 513. The Morgan fingerprint density at radius 3 is 2.83 bits per heavy atom. The van der Waals surface area contributed by atoms with Gasteiger partial charge in [-0.15, -0.1) is 0 Å². The molecule has 2 heterocycles. The SMILES string of the molecule is CCC[C@@H]1[C@@]2(C#N)[C@@]3(N=C(N)[C@@]12C#N)OCCS3. The molecule has 0 aromatic rings. The van der Waals surface area contributed by atoms with E-state index in [0.717, 1.165) is 18.6 Å². The Hall–Kier alpha value is -1.24. The van der Waals surface area contributed by atoms with Crippen molar-refractivity contribution in [2.24, 2.45) is 27.5 Å². The van der Waals surface area contributed by atoms with Gasteiger partial charge in [-0.25, -0.2) is 4.99 Å². The highest BCUT2D eigenvalue weighted by molar-refractivity contribution is 8.00. The zero-order valence-electron chi connectivity index (χ0n) is 10.1. The van der Waals surface area contributed by atoms with Crippen LogP contribution in [0, 0.1) is 39.4 Å². The monoisotopic (exact) mass is 262 g/mol. The molecule has 0 bridgehead atoms. The van der Waals surface area contributed by atoms with Gasteiger partial charge >= 0.3 is 0 Å². The first-order chi connectivity index (χ1) is 8.65. The molecule has 1 aliphatic carbocycles. The second kappa shape index (κ2) is 3.40. The van der Waals surface area contributed by atoms with E-state index in [2.05, 4.69) is 17.1 Å². The number of hydrogen-bond acceptors (Lipinski definition) is 6. The van der Waals surface area contributed by atoms with Gasteiger partial charge in [0.25, 0.3) is 0 Å². The first kappa shape index (κ1) is 11.8. The third-order valence-corrected chi connectivity index (χ3v) is 5.66. The number of nitrogens with two attached hydrogens (primary N) is 1. The van der Waals surface area contributed by atoms with E-state index in [1.165, 1.54) is 11.8 Å². The summed E-state index contributed by atoms with van der Waals surface area (Å²) >= 11 is 1.51. The zero-order chi connectivity index (χ0) is 13.0. The van der Waals surface area contributed by atoms with Crippen LogP contribution in [0.2, 0.25) is 0 Å². The lowest BCUT2D eigenvalue weighted by atomic mass is 9.95. The molecular weight excluding hydrogens is 248 g/mol. The molecule has 2 fully saturated rings. The van der Waals surface area contributed by atoms with Crippen LogP contribution in [0.3, 0.4) is 0 Å². The van der Waals surface area contributed by atoms with Crippen molar-refractivity contribution in [2.45, 2.75) is 24.8 Å². The fourth-order valence-electron chi connectivity index (χ4n) is 3.61. The number of thioether (sulfide) groups is 1. The first-order valence-corrected chi connectivity index (χ1v) is 7.10. The van der Waals surface area contributed by atoms with E-state index in [0.29, 0.717) is 12.4 Å². The minimum atomic E-state index is -0.929. The van der Waals surface area contributed by atoms with Crippen molar-refractivity contribution < 1.29 is 4.74 Å². The molecule has 0 aromatic carbocycles. The molecule has 0 unspecified atom stereocenters. The van der Waals surface area contributed by atoms with E-state index in [4.69, 9.17) is 10.5 Å². The predicted octanol–water partition coefficient (Wildman–Crippen LogP) is 1.22. The summed E-state index contributed by atoms with van der Waals surface area (Å²) in [6, 6.07) is 4.61. The molecule has 0 radical (unpaired) electrons. The van der Waals surface area contributed by atoms with Crippen molar-refractivity contribution >= 4 is 17.6 Å². The first-order valence-electron chi connectivity index (χ1n) is 6.11. The third kappa shape index (κ3) is 0.899. The molecule has 1 saturated carbocycles. The van der Waals surface area contributed by atoms with E-state index in [1.54, 1.807) is 0 Å². The highest BCUT2D eigenvalue weighted by Crippen LogP contribution is 2.81. The van der Waals surface area contributed by atoms with Gasteiger partial charge in [0.15, 0.2) is 0 Å². The molecular formula is C12H14N4OS. The molecule has 94 valence electrons. The summed E-state index contributed by atoms with van der Waals surface area (Å²) in [7, 11) is 0. The quantitative estimate of drug-likeness (QED) is 0.807. The molecule has 3 rings (SSSR count). The van der Waals surface area contributed by atoms with Gasteiger partial charge in [0.1, 0.15) is 16.7 Å². The number of ether oxygens (including phenoxy) is 1. The number of rotatable bonds is 2. The van der Waals surface area contributed by atoms with E-state index < -0.39 is 15.9 Å². The lowest BCUT2D eigenvalue weighted by molar-refractivity contribution is 0.0164. The van der Waals surface area contributed by atoms with Crippen molar-refractivity contribution in [1.82, 2.24) is 0 Å². The Morgan fingerprint density at radius 2 is 2.33 bits per heavy atom. The van der Waals surface area contributed by atoms with Gasteiger partial charge in [-0.05, 0) is 6.42 Å². The molecule has 2 N–H and O–H groups in total. The van der Waals surface area contributed by atoms with Gasteiger partial charge in [0.05, 0.1) is 18.7 Å². The summed E-state index contributed by atoms with van der Waals surface area (Å²) in [5, 5.41) is 18.3. The van der Waals surface area contributed by atoms with E-state index in [9.17, 15) is 10.5 Å². The standard InChI is InChI=1S/C12H14N4OS/c1-2-3-8-10(6-13)9(15)16-12(11(8,10)7-14)17-4-5-18-12/h8H,2-5H2,1H3,(H2,15,16)/t8-,10+,11+,12+/m0/s1. The second-order valence-corrected chi connectivity index (χ2v) is 6.21. The Labute approximate surface area is 110 Å². The number of nitriles is 2. The van der Waals surface area contributed by atoms with Gasteiger partial charge in [-0.2, -0.15) is 10.5 Å². The molecule has 5 nitrogen and oxygen atoms in total. The maximum Gasteiger partial charge on any atom is 0.230 e. The summed E-state index contributed by atoms with van der Waals surface area (Å²) in [4.78, 5) is 4.36. The largest absolute Gasteiger partial charge is 0.386 e. The summed E-state index contributed by atoms with van der Waals surface area (Å²) in [5.41, 5.74) is 4.18. The lowest BCUT2D eigenvalue weighted by Gasteiger charge is -2.25. The highest BCUT2D eigenvalue weighted by Gasteiger charge is 2.92. The molecule has 6 heteroatoms. The molecule has 4 atom stereocenters. The van der Waals surface area contributed by atoms with Crippen LogP contribution >= 0.6 is 11.8 Å². The number of nitrogens with zero attached hydrogens (tertiary/aromatic N) is 3. The van der Waals surface area contributed by atoms with Gasteiger partial charge in [-0.1, -0.05) is 25.1 Å². The maximum absolute atomic E-state index is 9.68. The predicted molar refractivity (Wildman–Crippen MR) is 67.3 cm³/mol. The molecule has 0 aromatic heterocycles. The van der Waals surface area contributed by atoms with Gasteiger partial charge in [0, 0.05) is 11.7 Å². The zero-order valence-corrected chi connectivity index (χ0v) is 11.0. The molecule has 0 amide bonds. The van der Waals surface area contributed by atoms with Crippen molar-refractivity contribution in [3.05, 3.63) is 0 Å². The van der Waals surface area contributed by atoms with Crippen LogP contribution < -0.4 is 5.73 Å². The summed E-state index contributed by atoms with van der Waals surface area (Å²) in [6.07, 6.45) is 1.73. The highest BCUT2D eigenvalue weighted by atomic mass is 32.2. The topological polar surface area (TPSA) is 95.2 Å². The van der Waals surface area contributed by atoms with Crippen LogP contribution in [0.1, 0.15) is 19.8 Å². The normalized spacial score (nSPS) is 48.4. The van der Waals surface area contributed by atoms with Crippen LogP contribution in [0.25, 0.3) is 0 Å². The fraction of sp³-hybridized carbons (Fsp3) is 0.750. The molecule has 3 aliphatic rings. The minimum absolute atomic E-state index is 0.0481. The number of aliphatic imine (C=N–C) groups is 1. The lowest BCUT2D eigenvalue weighted by Crippen LogP contribution is -2.34. The molecule has 18 heavy (non-hydrogen) atoms. The average Bonchev–Trinajstić information content (AvgIpc) is 2.65. The van der Waals surface area contributed by atoms with Crippen molar-refractivity contribution in [1.29, 1.82) is 10.5 Å². The third-order valence-electron chi connectivity index (χ3n) is 4.36. The number of hydrogen-bond donors (Lipinski definition) is 1. The van der Waals surface area contributed by atoms with Crippen LogP contribution in [0.4, 0.5) is 0 Å². The van der Waals surface area contributed by atoms with E-state index >= 15 is 0 Å². The average molecular weight is 262 g/mol. The molecule has 1 saturated heterocycles. The Balaban J connectivity index is 2.14. The summed E-state index contributed by atoms with van der Waals surface area (Å²) in [5.74, 6) is 1.04. The van der Waals surface area contributed by atoms with Crippen molar-refractivity contribution in [3.63, 3.8) is 0 Å². The van der Waals surface area contributed by atoms with Crippen LogP contribution in [-0.2, 0) is 4.74 Å². The summed E-state index contributed by atoms with van der Waals surface area (Å²) in [6.45, 7) is 2.61. The number of amidine groups is 1. The minimum Gasteiger partial charge on any atom is -0.386 e. The van der Waals surface area contributed by atoms with Gasteiger partial charge in [-0.3, -0.25) is 0 Å². The molecule has 1 spiro atoms. The van der Waals surface area contributed by atoms with Gasteiger partial charge in [0.2, 0.25) is 5.06 Å². The maximum atomic E-state index is 9.68. The van der Waals surface area contributed by atoms with Crippen LogP contribution in [-0.4, -0.2) is 23.3 Å². The van der Waals surface area contributed by atoms with Crippen LogP contribution in [0.5, 0.6) is 0 Å². The molecule has 2 aliphatic heterocycles. The summed E-state index contributed by atoms with van der Waals surface area (Å²) < 4.78 is 5.75.